The van der Waals surface area contributed by atoms with E-state index in [1.807, 2.05) is 36.4 Å². The highest BCUT2D eigenvalue weighted by Gasteiger charge is 2.20. The van der Waals surface area contributed by atoms with Gasteiger partial charge < -0.3 is 10.6 Å². The molecular formula is C21H20N4O3. The van der Waals surface area contributed by atoms with Crippen molar-refractivity contribution in [3.63, 3.8) is 0 Å². The summed E-state index contributed by atoms with van der Waals surface area (Å²) in [5.74, 6) is 0.103. The number of nitrogens with zero attached hydrogens (tertiary/aromatic N) is 1. The van der Waals surface area contributed by atoms with Gasteiger partial charge in [-0.05, 0) is 41.3 Å². The number of fused-ring (bicyclic) bond motifs is 2. The van der Waals surface area contributed by atoms with Crippen molar-refractivity contribution in [3.05, 3.63) is 59.2 Å². The van der Waals surface area contributed by atoms with Crippen LogP contribution < -0.4 is 16.1 Å². The SMILES string of the molecule is O=C1CCC(c2ccc3c(c2)CC(=O)N3)=NN1.O=C1CCc2ccccc2N1. The van der Waals surface area contributed by atoms with E-state index >= 15 is 0 Å². The number of hydrazone groups is 1. The molecule has 3 aliphatic heterocycles. The molecule has 0 radical (unpaired) electrons. The number of hydrogen-bond acceptors (Lipinski definition) is 4. The van der Waals surface area contributed by atoms with Crippen LogP contribution in [0.4, 0.5) is 11.4 Å². The van der Waals surface area contributed by atoms with Crippen LogP contribution in [-0.2, 0) is 27.2 Å². The van der Waals surface area contributed by atoms with Crippen LogP contribution in [0.3, 0.4) is 0 Å². The van der Waals surface area contributed by atoms with Crippen molar-refractivity contribution in [3.8, 4) is 0 Å². The Morgan fingerprint density at radius 2 is 1.46 bits per heavy atom. The smallest absolute Gasteiger partial charge is 0.240 e. The van der Waals surface area contributed by atoms with Crippen molar-refractivity contribution in [2.45, 2.75) is 32.1 Å². The lowest BCUT2D eigenvalue weighted by atomic mass is 10.0. The van der Waals surface area contributed by atoms with Gasteiger partial charge in [0.1, 0.15) is 0 Å². The first-order chi connectivity index (χ1) is 13.6. The summed E-state index contributed by atoms with van der Waals surface area (Å²) in [5.41, 5.74) is 8.40. The van der Waals surface area contributed by atoms with Gasteiger partial charge in [0.2, 0.25) is 17.7 Å². The Morgan fingerprint density at radius 3 is 2.29 bits per heavy atom. The van der Waals surface area contributed by atoms with Gasteiger partial charge in [0.15, 0.2) is 0 Å². The van der Waals surface area contributed by atoms with Gasteiger partial charge in [-0.15, -0.1) is 0 Å². The normalized spacial score (nSPS) is 17.1. The number of amides is 3. The van der Waals surface area contributed by atoms with Crippen molar-refractivity contribution in [1.82, 2.24) is 5.43 Å². The van der Waals surface area contributed by atoms with E-state index in [-0.39, 0.29) is 17.7 Å². The average molecular weight is 376 g/mol. The molecule has 0 aromatic heterocycles. The molecule has 142 valence electrons. The summed E-state index contributed by atoms with van der Waals surface area (Å²) in [4.78, 5) is 33.1. The standard InChI is InChI=1S/C12H11N3O2.C9H9NO/c16-11-4-3-10(14-15-11)7-1-2-9-8(5-7)6-12(17)13-9;11-9-6-5-7-3-1-2-4-8(7)10-9/h1-2,5H,3-4,6H2,(H,13,17)(H,15,16);1-4H,5-6H2,(H,10,11). The third-order valence-corrected chi connectivity index (χ3v) is 4.88. The van der Waals surface area contributed by atoms with Crippen molar-refractivity contribution < 1.29 is 14.4 Å². The lowest BCUT2D eigenvalue weighted by Gasteiger charge is -2.15. The van der Waals surface area contributed by atoms with E-state index in [0.29, 0.717) is 25.7 Å². The van der Waals surface area contributed by atoms with Gasteiger partial charge in [0, 0.05) is 30.6 Å². The molecule has 0 atom stereocenters. The molecule has 0 unspecified atom stereocenters. The topological polar surface area (TPSA) is 99.7 Å². The molecule has 7 heteroatoms. The second kappa shape index (κ2) is 7.64. The molecule has 3 amide bonds. The van der Waals surface area contributed by atoms with Crippen molar-refractivity contribution in [1.29, 1.82) is 0 Å². The molecule has 2 aromatic rings. The van der Waals surface area contributed by atoms with E-state index in [9.17, 15) is 14.4 Å². The number of benzene rings is 2. The highest BCUT2D eigenvalue weighted by atomic mass is 16.2. The molecule has 0 aliphatic carbocycles. The molecule has 28 heavy (non-hydrogen) atoms. The van der Waals surface area contributed by atoms with Gasteiger partial charge in [-0.3, -0.25) is 14.4 Å². The zero-order valence-electron chi connectivity index (χ0n) is 15.2. The summed E-state index contributed by atoms with van der Waals surface area (Å²) in [7, 11) is 0. The Balaban J connectivity index is 0.000000151. The fraction of sp³-hybridized carbons (Fsp3) is 0.238. The zero-order valence-corrected chi connectivity index (χ0v) is 15.2. The van der Waals surface area contributed by atoms with Crippen molar-refractivity contribution in [2.24, 2.45) is 5.10 Å². The van der Waals surface area contributed by atoms with Crippen LogP contribution >= 0.6 is 0 Å². The molecule has 0 saturated carbocycles. The first kappa shape index (κ1) is 17.9. The monoisotopic (exact) mass is 376 g/mol. The number of para-hydroxylation sites is 1. The second-order valence-corrected chi connectivity index (χ2v) is 6.90. The van der Waals surface area contributed by atoms with E-state index in [1.54, 1.807) is 0 Å². The minimum atomic E-state index is -0.0493. The molecule has 5 rings (SSSR count). The largest absolute Gasteiger partial charge is 0.326 e. The number of aryl methyl sites for hydroxylation is 1. The lowest BCUT2D eigenvalue weighted by Crippen LogP contribution is -2.25. The van der Waals surface area contributed by atoms with Gasteiger partial charge in [0.05, 0.1) is 12.1 Å². The predicted octanol–water partition coefficient (Wildman–Crippen LogP) is 2.37. The number of anilines is 2. The second-order valence-electron chi connectivity index (χ2n) is 6.90. The van der Waals surface area contributed by atoms with Crippen molar-refractivity contribution in [2.75, 3.05) is 10.6 Å². The summed E-state index contributed by atoms with van der Waals surface area (Å²) < 4.78 is 0. The van der Waals surface area contributed by atoms with Gasteiger partial charge in [-0.25, -0.2) is 5.43 Å². The summed E-state index contributed by atoms with van der Waals surface area (Å²) >= 11 is 0. The Labute approximate surface area is 162 Å². The molecule has 2 aromatic carbocycles. The zero-order chi connectivity index (χ0) is 19.5. The maximum Gasteiger partial charge on any atom is 0.240 e. The Morgan fingerprint density at radius 1 is 0.714 bits per heavy atom. The predicted molar refractivity (Wildman–Crippen MR) is 106 cm³/mol. The number of hydrogen-bond donors (Lipinski definition) is 3. The van der Waals surface area contributed by atoms with Crippen LogP contribution in [0.25, 0.3) is 0 Å². The average Bonchev–Trinajstić information content (AvgIpc) is 3.08. The molecule has 3 aliphatic rings. The third kappa shape index (κ3) is 3.93. The van der Waals surface area contributed by atoms with Gasteiger partial charge in [-0.1, -0.05) is 24.3 Å². The molecule has 3 heterocycles. The summed E-state index contributed by atoms with van der Waals surface area (Å²) in [5, 5.41) is 9.64. The maximum atomic E-state index is 11.2. The summed E-state index contributed by atoms with van der Waals surface area (Å²) in [6.45, 7) is 0. The first-order valence-corrected chi connectivity index (χ1v) is 9.25. The van der Waals surface area contributed by atoms with E-state index < -0.39 is 0 Å². The molecule has 0 fully saturated rings. The third-order valence-electron chi connectivity index (χ3n) is 4.88. The molecule has 7 nitrogen and oxygen atoms in total. The molecule has 0 bridgehead atoms. The van der Waals surface area contributed by atoms with E-state index in [0.717, 1.165) is 34.6 Å². The number of carbonyl (C=O) groups excluding carboxylic acids is 3. The van der Waals surface area contributed by atoms with Crippen molar-refractivity contribution >= 4 is 34.8 Å². The fourth-order valence-corrected chi connectivity index (χ4v) is 3.41. The number of nitrogens with one attached hydrogen (secondary N) is 3. The minimum absolute atomic E-state index is 0.0241. The lowest BCUT2D eigenvalue weighted by molar-refractivity contribution is -0.121. The van der Waals surface area contributed by atoms with Crippen LogP contribution in [0.1, 0.15) is 36.0 Å². The van der Waals surface area contributed by atoms with Crippen LogP contribution in [0.2, 0.25) is 0 Å². The quantitative estimate of drug-likeness (QED) is 0.712. The van der Waals surface area contributed by atoms with Crippen LogP contribution in [0, 0.1) is 0 Å². The minimum Gasteiger partial charge on any atom is -0.326 e. The fourth-order valence-electron chi connectivity index (χ4n) is 3.41. The maximum absolute atomic E-state index is 11.2. The molecule has 0 spiro atoms. The number of carbonyl (C=O) groups is 3. The highest BCUT2D eigenvalue weighted by Crippen LogP contribution is 2.25. The van der Waals surface area contributed by atoms with E-state index in [2.05, 4.69) is 27.2 Å². The van der Waals surface area contributed by atoms with Crippen LogP contribution in [0.15, 0.2) is 47.6 Å². The van der Waals surface area contributed by atoms with Gasteiger partial charge in [-0.2, -0.15) is 5.10 Å². The van der Waals surface area contributed by atoms with Crippen LogP contribution in [-0.4, -0.2) is 23.4 Å². The highest BCUT2D eigenvalue weighted by molar-refractivity contribution is 6.06. The Hall–Kier alpha value is -3.48. The van der Waals surface area contributed by atoms with Gasteiger partial charge >= 0.3 is 0 Å². The van der Waals surface area contributed by atoms with Gasteiger partial charge in [0.25, 0.3) is 0 Å². The van der Waals surface area contributed by atoms with E-state index in [1.165, 1.54) is 5.56 Å². The summed E-state index contributed by atoms with van der Waals surface area (Å²) in [6.07, 6.45) is 3.03. The molecular weight excluding hydrogens is 356 g/mol. The Kier molecular flexibility index (Phi) is 4.89. The molecule has 0 saturated heterocycles. The summed E-state index contributed by atoms with van der Waals surface area (Å²) in [6, 6.07) is 13.7. The number of rotatable bonds is 1. The van der Waals surface area contributed by atoms with E-state index in [4.69, 9.17) is 0 Å². The first-order valence-electron chi connectivity index (χ1n) is 9.25. The molecule has 3 N–H and O–H groups in total. The Bertz CT molecular complexity index is 997. The van der Waals surface area contributed by atoms with Crippen LogP contribution in [0.5, 0.6) is 0 Å².